The molecule has 0 saturated heterocycles. The molecule has 0 unspecified atom stereocenters. The fourth-order valence-electron chi connectivity index (χ4n) is 2.66. The second kappa shape index (κ2) is 9.01. The monoisotopic (exact) mass is 395 g/mol. The third-order valence-corrected chi connectivity index (χ3v) is 4.25. The summed E-state index contributed by atoms with van der Waals surface area (Å²) in [4.78, 5) is 23.8. The molecular weight excluding hydrogens is 378 g/mol. The van der Waals surface area contributed by atoms with Crippen molar-refractivity contribution in [3.8, 4) is 5.75 Å². The van der Waals surface area contributed by atoms with Crippen LogP contribution in [0.1, 0.15) is 18.4 Å². The molecule has 0 heterocycles. The van der Waals surface area contributed by atoms with E-state index in [0.717, 1.165) is 10.8 Å². The Balaban J connectivity index is 1.53. The lowest BCUT2D eigenvalue weighted by atomic mass is 10.0. The number of hydrogen-bond acceptors (Lipinski definition) is 4. The van der Waals surface area contributed by atoms with Crippen molar-refractivity contribution in [3.63, 3.8) is 0 Å². The first-order valence-electron chi connectivity index (χ1n) is 8.61. The van der Waals surface area contributed by atoms with Gasteiger partial charge >= 0.3 is 0 Å². The molecule has 0 radical (unpaired) electrons. The quantitative estimate of drug-likeness (QED) is 0.434. The van der Waals surface area contributed by atoms with Crippen LogP contribution in [0.4, 0.5) is 5.69 Å². The van der Waals surface area contributed by atoms with Crippen molar-refractivity contribution in [1.82, 2.24) is 5.43 Å². The molecule has 2 amide bonds. The number of halogens is 1. The minimum atomic E-state index is -0.405. The number of carbonyl (C=O) groups excluding carboxylic acids is 2. The molecule has 0 spiro atoms. The Hall–Kier alpha value is -3.38. The Kier molecular flexibility index (Phi) is 6.24. The summed E-state index contributed by atoms with van der Waals surface area (Å²) in [5, 5.41) is 18.9. The largest absolute Gasteiger partial charge is 0.507 e. The van der Waals surface area contributed by atoms with Crippen molar-refractivity contribution in [2.45, 2.75) is 12.8 Å². The zero-order valence-electron chi connectivity index (χ0n) is 14.9. The minimum absolute atomic E-state index is 0.00733. The van der Waals surface area contributed by atoms with E-state index >= 15 is 0 Å². The highest BCUT2D eigenvalue weighted by atomic mass is 35.5. The number of carbonyl (C=O) groups is 2. The van der Waals surface area contributed by atoms with E-state index in [1.54, 1.807) is 36.4 Å². The maximum Gasteiger partial charge on any atom is 0.240 e. The van der Waals surface area contributed by atoms with Gasteiger partial charge in [0.1, 0.15) is 5.75 Å². The summed E-state index contributed by atoms with van der Waals surface area (Å²) in [5.74, 6) is -0.636. The predicted octanol–water partition coefficient (Wildman–Crippen LogP) is 4.07. The van der Waals surface area contributed by atoms with Gasteiger partial charge in [-0.15, -0.1) is 0 Å². The summed E-state index contributed by atoms with van der Waals surface area (Å²) in [5.41, 5.74) is 3.45. The fraction of sp³-hybridized carbons (Fsp3) is 0.0952. The van der Waals surface area contributed by atoms with Crippen molar-refractivity contribution in [3.05, 3.63) is 71.2 Å². The molecule has 7 heteroatoms. The SMILES string of the molecule is O=C(CCC(=O)Nc1cccc(Cl)c1)N/N=C\c1c(O)ccc2ccccc12. The number of phenolic OH excluding ortho intramolecular Hbond substituents is 1. The number of aromatic hydroxyl groups is 1. The van der Waals surface area contributed by atoms with E-state index in [1.807, 2.05) is 24.3 Å². The standard InChI is InChI=1S/C21H18ClN3O3/c22-15-5-3-6-16(12-15)24-20(27)10-11-21(28)25-23-13-18-17-7-2-1-4-14(17)8-9-19(18)26/h1-9,12-13,26H,10-11H2,(H,24,27)(H,25,28)/b23-13-. The van der Waals surface area contributed by atoms with Crippen LogP contribution in [0.3, 0.4) is 0 Å². The van der Waals surface area contributed by atoms with Gasteiger partial charge in [-0.05, 0) is 35.0 Å². The smallest absolute Gasteiger partial charge is 0.240 e. The number of anilines is 1. The molecule has 0 aliphatic carbocycles. The molecule has 142 valence electrons. The zero-order valence-corrected chi connectivity index (χ0v) is 15.6. The second-order valence-electron chi connectivity index (χ2n) is 6.07. The minimum Gasteiger partial charge on any atom is -0.507 e. The van der Waals surface area contributed by atoms with E-state index in [9.17, 15) is 14.7 Å². The lowest BCUT2D eigenvalue weighted by molar-refractivity contribution is -0.124. The number of nitrogens with one attached hydrogen (secondary N) is 2. The van der Waals surface area contributed by atoms with Gasteiger partial charge in [-0.3, -0.25) is 9.59 Å². The summed E-state index contributed by atoms with van der Waals surface area (Å²) in [6.45, 7) is 0. The van der Waals surface area contributed by atoms with E-state index < -0.39 is 5.91 Å². The Bertz CT molecular complexity index is 1050. The van der Waals surface area contributed by atoms with E-state index in [4.69, 9.17) is 11.6 Å². The van der Waals surface area contributed by atoms with Crippen LogP contribution in [0.5, 0.6) is 5.75 Å². The number of hydrazone groups is 1. The van der Waals surface area contributed by atoms with Crippen LogP contribution in [-0.2, 0) is 9.59 Å². The van der Waals surface area contributed by atoms with Gasteiger partial charge in [-0.2, -0.15) is 5.10 Å². The van der Waals surface area contributed by atoms with Crippen molar-refractivity contribution in [2.75, 3.05) is 5.32 Å². The second-order valence-corrected chi connectivity index (χ2v) is 6.51. The molecule has 0 aliphatic rings. The van der Waals surface area contributed by atoms with Gasteiger partial charge in [0.25, 0.3) is 0 Å². The Morgan fingerprint density at radius 1 is 1.00 bits per heavy atom. The lowest BCUT2D eigenvalue weighted by Crippen LogP contribution is -2.20. The third-order valence-electron chi connectivity index (χ3n) is 4.02. The van der Waals surface area contributed by atoms with Crippen molar-refractivity contribution in [1.29, 1.82) is 0 Å². The number of fused-ring (bicyclic) bond motifs is 1. The first kappa shape index (κ1) is 19.4. The molecule has 3 rings (SSSR count). The van der Waals surface area contributed by atoms with Crippen LogP contribution in [0.2, 0.25) is 5.02 Å². The summed E-state index contributed by atoms with van der Waals surface area (Å²) < 4.78 is 0. The third kappa shape index (κ3) is 5.08. The van der Waals surface area contributed by atoms with E-state index in [0.29, 0.717) is 16.3 Å². The first-order chi connectivity index (χ1) is 13.5. The van der Waals surface area contributed by atoms with Crippen LogP contribution in [-0.4, -0.2) is 23.1 Å². The number of hydrogen-bond donors (Lipinski definition) is 3. The highest BCUT2D eigenvalue weighted by Crippen LogP contribution is 2.25. The van der Waals surface area contributed by atoms with Crippen molar-refractivity contribution < 1.29 is 14.7 Å². The molecular formula is C21H18ClN3O3. The summed E-state index contributed by atoms with van der Waals surface area (Å²) in [6.07, 6.45) is 1.38. The molecule has 0 fully saturated rings. The molecule has 3 aromatic carbocycles. The highest BCUT2D eigenvalue weighted by molar-refractivity contribution is 6.30. The van der Waals surface area contributed by atoms with E-state index in [1.165, 1.54) is 6.21 Å². The molecule has 0 atom stereocenters. The van der Waals surface area contributed by atoms with Gasteiger partial charge in [0.05, 0.1) is 6.21 Å². The molecule has 6 nitrogen and oxygen atoms in total. The summed E-state index contributed by atoms with van der Waals surface area (Å²) in [7, 11) is 0. The normalized spacial score (nSPS) is 10.9. The van der Waals surface area contributed by atoms with Crippen LogP contribution in [0.15, 0.2) is 65.8 Å². The molecule has 0 bridgehead atoms. The van der Waals surface area contributed by atoms with Crippen LogP contribution < -0.4 is 10.7 Å². The Labute approximate surface area is 166 Å². The maximum atomic E-state index is 11.9. The number of amides is 2. The number of rotatable bonds is 6. The number of phenols is 1. The average molecular weight is 396 g/mol. The van der Waals surface area contributed by atoms with Gasteiger partial charge in [0, 0.05) is 29.1 Å². The van der Waals surface area contributed by atoms with E-state index in [-0.39, 0.29) is 24.5 Å². The first-order valence-corrected chi connectivity index (χ1v) is 8.99. The van der Waals surface area contributed by atoms with E-state index in [2.05, 4.69) is 15.8 Å². The van der Waals surface area contributed by atoms with Gasteiger partial charge in [0.2, 0.25) is 11.8 Å². The van der Waals surface area contributed by atoms with Crippen molar-refractivity contribution in [2.24, 2.45) is 5.10 Å². The van der Waals surface area contributed by atoms with Gasteiger partial charge in [-0.25, -0.2) is 5.43 Å². The van der Waals surface area contributed by atoms with Crippen molar-refractivity contribution >= 4 is 46.1 Å². The number of nitrogens with zero attached hydrogens (tertiary/aromatic N) is 1. The fourth-order valence-corrected chi connectivity index (χ4v) is 2.85. The van der Waals surface area contributed by atoms with Gasteiger partial charge in [-0.1, -0.05) is 48.0 Å². The summed E-state index contributed by atoms with van der Waals surface area (Å²) >= 11 is 5.86. The number of benzene rings is 3. The molecule has 3 N–H and O–H groups in total. The average Bonchev–Trinajstić information content (AvgIpc) is 2.68. The predicted molar refractivity (Wildman–Crippen MR) is 111 cm³/mol. The van der Waals surface area contributed by atoms with Gasteiger partial charge in [0.15, 0.2) is 0 Å². The topological polar surface area (TPSA) is 90.8 Å². The highest BCUT2D eigenvalue weighted by Gasteiger charge is 2.08. The molecule has 0 saturated carbocycles. The zero-order chi connectivity index (χ0) is 19.9. The Morgan fingerprint density at radius 2 is 1.79 bits per heavy atom. The molecule has 3 aromatic rings. The summed E-state index contributed by atoms with van der Waals surface area (Å²) in [6, 6.07) is 17.7. The van der Waals surface area contributed by atoms with Crippen LogP contribution >= 0.6 is 11.6 Å². The van der Waals surface area contributed by atoms with Crippen LogP contribution in [0.25, 0.3) is 10.8 Å². The lowest BCUT2D eigenvalue weighted by Gasteiger charge is -2.06. The van der Waals surface area contributed by atoms with Crippen LogP contribution in [0, 0.1) is 0 Å². The molecule has 0 aromatic heterocycles. The maximum absolute atomic E-state index is 11.9. The Morgan fingerprint density at radius 3 is 2.61 bits per heavy atom. The molecule has 28 heavy (non-hydrogen) atoms. The van der Waals surface area contributed by atoms with Gasteiger partial charge < -0.3 is 10.4 Å². The molecule has 0 aliphatic heterocycles.